The SMILES string of the molecule is NC(=S)c1ccc(S(=O)(=O)Nc2nc(C3CC3)cs2)cn1. The van der Waals surface area contributed by atoms with Crippen LogP contribution in [-0.4, -0.2) is 23.4 Å². The van der Waals surface area contributed by atoms with Crippen molar-refractivity contribution in [2.45, 2.75) is 23.7 Å². The molecule has 0 aliphatic heterocycles. The van der Waals surface area contributed by atoms with Gasteiger partial charge in [-0.25, -0.2) is 13.4 Å². The van der Waals surface area contributed by atoms with Crippen molar-refractivity contribution >= 4 is 43.7 Å². The zero-order valence-corrected chi connectivity index (χ0v) is 13.3. The number of nitrogens with two attached hydrogens (primary N) is 1. The van der Waals surface area contributed by atoms with Gasteiger partial charge >= 0.3 is 0 Å². The first kappa shape index (κ1) is 14.4. The van der Waals surface area contributed by atoms with Gasteiger partial charge in [0.2, 0.25) is 0 Å². The quantitative estimate of drug-likeness (QED) is 0.806. The van der Waals surface area contributed by atoms with Gasteiger partial charge in [-0.15, -0.1) is 11.3 Å². The number of hydrogen-bond acceptors (Lipinski definition) is 6. The normalized spacial score (nSPS) is 14.9. The van der Waals surface area contributed by atoms with E-state index in [1.807, 2.05) is 5.38 Å². The molecule has 9 heteroatoms. The molecule has 1 aliphatic rings. The van der Waals surface area contributed by atoms with Crippen molar-refractivity contribution in [2.24, 2.45) is 5.73 Å². The smallest absolute Gasteiger partial charge is 0.265 e. The Morgan fingerprint density at radius 2 is 2.19 bits per heavy atom. The van der Waals surface area contributed by atoms with E-state index in [1.54, 1.807) is 0 Å². The minimum atomic E-state index is -3.70. The highest BCUT2D eigenvalue weighted by atomic mass is 32.2. The Bertz CT molecular complexity index is 779. The topological polar surface area (TPSA) is 98.0 Å². The van der Waals surface area contributed by atoms with Crippen LogP contribution >= 0.6 is 23.6 Å². The number of thiocarbonyl (C=S) groups is 1. The summed E-state index contributed by atoms with van der Waals surface area (Å²) in [5.41, 5.74) is 6.77. The van der Waals surface area contributed by atoms with Gasteiger partial charge < -0.3 is 5.73 Å². The Morgan fingerprint density at radius 3 is 2.76 bits per heavy atom. The van der Waals surface area contributed by atoms with E-state index in [4.69, 9.17) is 18.0 Å². The Morgan fingerprint density at radius 1 is 1.43 bits per heavy atom. The highest BCUT2D eigenvalue weighted by molar-refractivity contribution is 7.93. The molecule has 0 spiro atoms. The standard InChI is InChI=1S/C12H12N4O2S3/c13-11(19)9-4-3-8(5-14-9)21(17,18)16-12-15-10(6-20-12)7-1-2-7/h3-7H,1-2H2,(H2,13,19)(H,15,16). The van der Waals surface area contributed by atoms with Crippen molar-refractivity contribution in [1.29, 1.82) is 0 Å². The van der Waals surface area contributed by atoms with E-state index in [0.717, 1.165) is 18.5 Å². The fourth-order valence-electron chi connectivity index (χ4n) is 1.76. The number of rotatable bonds is 5. The van der Waals surface area contributed by atoms with Crippen LogP contribution in [0.4, 0.5) is 5.13 Å². The van der Waals surface area contributed by atoms with Crippen LogP contribution in [0.3, 0.4) is 0 Å². The molecule has 3 N–H and O–H groups in total. The average molecular weight is 340 g/mol. The van der Waals surface area contributed by atoms with E-state index >= 15 is 0 Å². The second-order valence-electron chi connectivity index (χ2n) is 4.70. The Balaban J connectivity index is 1.80. The number of hydrogen-bond donors (Lipinski definition) is 2. The van der Waals surface area contributed by atoms with Crippen LogP contribution in [0.15, 0.2) is 28.6 Å². The summed E-state index contributed by atoms with van der Waals surface area (Å²) in [6.45, 7) is 0. The zero-order valence-electron chi connectivity index (χ0n) is 10.8. The predicted octanol–water partition coefficient (Wildman–Crippen LogP) is 1.85. The van der Waals surface area contributed by atoms with Gasteiger partial charge in [0.05, 0.1) is 11.4 Å². The Hall–Kier alpha value is -1.58. The molecule has 0 radical (unpaired) electrons. The van der Waals surface area contributed by atoms with Gasteiger partial charge in [0.25, 0.3) is 10.0 Å². The van der Waals surface area contributed by atoms with Crippen LogP contribution in [0.2, 0.25) is 0 Å². The molecule has 1 saturated carbocycles. The molecule has 2 heterocycles. The first-order valence-electron chi connectivity index (χ1n) is 6.20. The Labute approximate surface area is 131 Å². The maximum Gasteiger partial charge on any atom is 0.265 e. The first-order chi connectivity index (χ1) is 9.95. The maximum absolute atomic E-state index is 12.2. The van der Waals surface area contributed by atoms with E-state index in [0.29, 0.717) is 16.7 Å². The lowest BCUT2D eigenvalue weighted by atomic mass is 10.3. The van der Waals surface area contributed by atoms with Crippen molar-refractivity contribution < 1.29 is 8.42 Å². The predicted molar refractivity (Wildman–Crippen MR) is 85.0 cm³/mol. The molecule has 110 valence electrons. The van der Waals surface area contributed by atoms with Crippen LogP contribution in [-0.2, 0) is 10.0 Å². The highest BCUT2D eigenvalue weighted by Crippen LogP contribution is 2.41. The zero-order chi connectivity index (χ0) is 15.0. The number of nitrogens with zero attached hydrogens (tertiary/aromatic N) is 2. The largest absolute Gasteiger partial charge is 0.388 e. The average Bonchev–Trinajstić information content (AvgIpc) is 3.20. The molecule has 0 atom stereocenters. The molecule has 2 aromatic heterocycles. The molecular weight excluding hydrogens is 328 g/mol. The third kappa shape index (κ3) is 3.20. The fraction of sp³-hybridized carbons (Fsp3) is 0.250. The van der Waals surface area contributed by atoms with Crippen molar-refractivity contribution in [3.8, 4) is 0 Å². The van der Waals surface area contributed by atoms with Crippen LogP contribution in [0.25, 0.3) is 0 Å². The summed E-state index contributed by atoms with van der Waals surface area (Å²) in [6.07, 6.45) is 3.48. The number of aromatic nitrogens is 2. The van der Waals surface area contributed by atoms with Crippen molar-refractivity contribution in [1.82, 2.24) is 9.97 Å². The van der Waals surface area contributed by atoms with Gasteiger partial charge in [-0.2, -0.15) is 0 Å². The monoisotopic (exact) mass is 340 g/mol. The highest BCUT2D eigenvalue weighted by Gasteiger charge is 2.27. The number of sulfonamides is 1. The summed E-state index contributed by atoms with van der Waals surface area (Å²) in [5.74, 6) is 0.492. The molecule has 3 rings (SSSR count). The van der Waals surface area contributed by atoms with E-state index in [9.17, 15) is 8.42 Å². The fourth-order valence-corrected chi connectivity index (χ4v) is 3.87. The van der Waals surface area contributed by atoms with Crippen molar-refractivity contribution in [2.75, 3.05) is 4.72 Å². The molecule has 0 aromatic carbocycles. The van der Waals surface area contributed by atoms with Crippen molar-refractivity contribution in [3.05, 3.63) is 35.1 Å². The summed E-state index contributed by atoms with van der Waals surface area (Å²) in [5, 5.41) is 2.26. The molecule has 2 aromatic rings. The van der Waals surface area contributed by atoms with E-state index in [-0.39, 0.29) is 9.88 Å². The summed E-state index contributed by atoms with van der Waals surface area (Å²) >= 11 is 6.06. The van der Waals surface area contributed by atoms with Gasteiger partial charge in [-0.05, 0) is 25.0 Å². The third-order valence-corrected chi connectivity index (χ3v) is 5.48. The maximum atomic E-state index is 12.2. The molecule has 1 fully saturated rings. The number of pyridine rings is 1. The van der Waals surface area contributed by atoms with E-state index in [2.05, 4.69) is 14.7 Å². The number of nitrogens with one attached hydrogen (secondary N) is 1. The van der Waals surface area contributed by atoms with Crippen LogP contribution < -0.4 is 10.5 Å². The van der Waals surface area contributed by atoms with Gasteiger partial charge in [0.1, 0.15) is 9.88 Å². The molecular formula is C12H12N4O2S3. The summed E-state index contributed by atoms with van der Waals surface area (Å²) in [4.78, 5) is 8.40. The molecule has 0 bridgehead atoms. The number of thiazole rings is 1. The third-order valence-electron chi connectivity index (χ3n) is 3.04. The van der Waals surface area contributed by atoms with E-state index < -0.39 is 10.0 Å². The molecule has 0 amide bonds. The molecule has 0 saturated heterocycles. The van der Waals surface area contributed by atoms with E-state index in [1.165, 1.54) is 29.7 Å². The Kier molecular flexibility index (Phi) is 3.64. The second kappa shape index (κ2) is 5.32. The van der Waals surface area contributed by atoms with Crippen molar-refractivity contribution in [3.63, 3.8) is 0 Å². The van der Waals surface area contributed by atoms with Crippen LogP contribution in [0.1, 0.15) is 30.1 Å². The molecule has 0 unspecified atom stereocenters. The van der Waals surface area contributed by atoms with Gasteiger partial charge in [-0.3, -0.25) is 9.71 Å². The van der Waals surface area contributed by atoms with Gasteiger partial charge in [0.15, 0.2) is 5.13 Å². The lowest BCUT2D eigenvalue weighted by molar-refractivity contribution is 0.600. The first-order valence-corrected chi connectivity index (χ1v) is 8.97. The summed E-state index contributed by atoms with van der Waals surface area (Å²) in [6, 6.07) is 2.90. The summed E-state index contributed by atoms with van der Waals surface area (Å²) < 4.78 is 26.9. The molecule has 21 heavy (non-hydrogen) atoms. The van der Waals surface area contributed by atoms with Gasteiger partial charge in [0, 0.05) is 17.5 Å². The van der Waals surface area contributed by atoms with Crippen LogP contribution in [0, 0.1) is 0 Å². The minimum Gasteiger partial charge on any atom is -0.388 e. The summed E-state index contributed by atoms with van der Waals surface area (Å²) in [7, 11) is -3.70. The lowest BCUT2D eigenvalue weighted by Gasteiger charge is -2.05. The second-order valence-corrected chi connectivity index (χ2v) is 7.68. The minimum absolute atomic E-state index is 0.0469. The van der Waals surface area contributed by atoms with Crippen LogP contribution in [0.5, 0.6) is 0 Å². The molecule has 6 nitrogen and oxygen atoms in total. The lowest BCUT2D eigenvalue weighted by Crippen LogP contribution is -2.15. The van der Waals surface area contributed by atoms with Gasteiger partial charge in [-0.1, -0.05) is 12.2 Å². The number of anilines is 1. The molecule has 1 aliphatic carbocycles.